The lowest BCUT2D eigenvalue weighted by Crippen LogP contribution is -2.27. The van der Waals surface area contributed by atoms with Crippen molar-refractivity contribution in [3.63, 3.8) is 0 Å². The standard InChI is InChI=1S/C20H18ClF3N8O3S/c1-10(31-17(34)13-5-15(30-8-29-13)26-3-2-25-9-33)19-28-7-14(36-19)18(35)32-16-4-11(20(22,23)24)12(21)6-27-16/h4-10H,2-3H2,1H3,(H,25,33)(H,31,34)(H,26,29,30)(H,27,32,35). The van der Waals surface area contributed by atoms with E-state index < -0.39 is 34.6 Å². The van der Waals surface area contributed by atoms with Crippen LogP contribution in [0, 0.1) is 0 Å². The van der Waals surface area contributed by atoms with E-state index in [-0.39, 0.29) is 16.4 Å². The van der Waals surface area contributed by atoms with Gasteiger partial charge in [-0.15, -0.1) is 11.3 Å². The Kier molecular flexibility index (Phi) is 8.71. The lowest BCUT2D eigenvalue weighted by Gasteiger charge is -2.11. The third kappa shape index (κ3) is 7.08. The zero-order valence-electron chi connectivity index (χ0n) is 18.4. The molecule has 0 fully saturated rings. The SMILES string of the molecule is CC(NC(=O)c1cc(NCCNC=O)ncn1)c1ncc(C(=O)Nc2cc(C(F)(F)F)c(Cl)cn2)s1. The van der Waals surface area contributed by atoms with Crippen molar-refractivity contribution in [2.24, 2.45) is 0 Å². The molecule has 4 N–H and O–H groups in total. The van der Waals surface area contributed by atoms with Crippen molar-refractivity contribution >= 4 is 52.8 Å². The Morgan fingerprint density at radius 1 is 1.08 bits per heavy atom. The van der Waals surface area contributed by atoms with E-state index in [1.165, 1.54) is 18.6 Å². The Morgan fingerprint density at radius 3 is 2.58 bits per heavy atom. The Morgan fingerprint density at radius 2 is 1.86 bits per heavy atom. The zero-order chi connectivity index (χ0) is 26.3. The number of aromatic nitrogens is 4. The second kappa shape index (κ2) is 11.7. The molecule has 0 aromatic carbocycles. The summed E-state index contributed by atoms with van der Waals surface area (Å²) in [6, 6.07) is 1.45. The van der Waals surface area contributed by atoms with Crippen LogP contribution in [0.1, 0.15) is 43.7 Å². The van der Waals surface area contributed by atoms with Crippen LogP contribution in [0.15, 0.2) is 30.9 Å². The van der Waals surface area contributed by atoms with Crippen LogP contribution in [0.3, 0.4) is 0 Å². The van der Waals surface area contributed by atoms with Crippen LogP contribution in [0.4, 0.5) is 24.8 Å². The van der Waals surface area contributed by atoms with Crippen molar-refractivity contribution in [1.29, 1.82) is 0 Å². The molecule has 0 saturated heterocycles. The summed E-state index contributed by atoms with van der Waals surface area (Å²) in [6.07, 6.45) is -0.910. The first-order valence-corrected chi connectivity index (χ1v) is 11.3. The molecule has 0 aliphatic heterocycles. The van der Waals surface area contributed by atoms with Crippen molar-refractivity contribution in [2.75, 3.05) is 23.7 Å². The van der Waals surface area contributed by atoms with Gasteiger partial charge in [0.05, 0.1) is 22.8 Å². The fourth-order valence-corrected chi connectivity index (χ4v) is 3.75. The van der Waals surface area contributed by atoms with E-state index in [9.17, 15) is 27.6 Å². The number of halogens is 4. The van der Waals surface area contributed by atoms with Gasteiger partial charge in [0, 0.05) is 25.4 Å². The number of amides is 3. The summed E-state index contributed by atoms with van der Waals surface area (Å²) in [7, 11) is 0. The van der Waals surface area contributed by atoms with Gasteiger partial charge in [0.15, 0.2) is 0 Å². The molecule has 3 aromatic rings. The third-order valence-corrected chi connectivity index (χ3v) is 5.91. The van der Waals surface area contributed by atoms with Crippen LogP contribution < -0.4 is 21.3 Å². The van der Waals surface area contributed by atoms with Crippen LogP contribution in [0.2, 0.25) is 5.02 Å². The molecule has 16 heteroatoms. The van der Waals surface area contributed by atoms with Crippen molar-refractivity contribution in [3.05, 3.63) is 57.0 Å². The fourth-order valence-electron chi connectivity index (χ4n) is 2.73. The number of nitrogens with zero attached hydrogens (tertiary/aromatic N) is 4. The first kappa shape index (κ1) is 26.7. The summed E-state index contributed by atoms with van der Waals surface area (Å²) in [5.74, 6) is -1.20. The van der Waals surface area contributed by atoms with Gasteiger partial charge in [-0.25, -0.2) is 19.9 Å². The van der Waals surface area contributed by atoms with Crippen molar-refractivity contribution in [1.82, 2.24) is 30.6 Å². The van der Waals surface area contributed by atoms with E-state index in [2.05, 4.69) is 41.2 Å². The highest BCUT2D eigenvalue weighted by Crippen LogP contribution is 2.35. The normalized spacial score (nSPS) is 11.9. The van der Waals surface area contributed by atoms with Crippen LogP contribution in [-0.4, -0.2) is 51.2 Å². The average Bonchev–Trinajstić information content (AvgIpc) is 3.33. The van der Waals surface area contributed by atoms with E-state index in [4.69, 9.17) is 11.6 Å². The largest absolute Gasteiger partial charge is 0.418 e. The monoisotopic (exact) mass is 542 g/mol. The number of thiazole rings is 1. The molecule has 0 aliphatic rings. The van der Waals surface area contributed by atoms with Crippen LogP contribution in [0.25, 0.3) is 0 Å². The molecule has 0 aliphatic carbocycles. The number of rotatable bonds is 10. The van der Waals surface area contributed by atoms with Crippen molar-refractivity contribution < 1.29 is 27.6 Å². The highest BCUT2D eigenvalue weighted by Gasteiger charge is 2.34. The Hall–Kier alpha value is -3.85. The Bertz CT molecular complexity index is 1260. The summed E-state index contributed by atoms with van der Waals surface area (Å²) >= 11 is 6.48. The molecule has 1 unspecified atom stereocenters. The minimum Gasteiger partial charge on any atom is -0.368 e. The molecular formula is C20H18ClF3N8O3S. The van der Waals surface area contributed by atoms with E-state index >= 15 is 0 Å². The molecule has 0 radical (unpaired) electrons. The molecule has 3 aromatic heterocycles. The molecule has 0 saturated carbocycles. The van der Waals surface area contributed by atoms with E-state index in [1.54, 1.807) is 6.92 Å². The smallest absolute Gasteiger partial charge is 0.368 e. The van der Waals surface area contributed by atoms with Crippen LogP contribution in [0.5, 0.6) is 0 Å². The van der Waals surface area contributed by atoms with E-state index in [0.29, 0.717) is 36.4 Å². The number of pyridine rings is 1. The molecular weight excluding hydrogens is 525 g/mol. The summed E-state index contributed by atoms with van der Waals surface area (Å²) < 4.78 is 39.1. The van der Waals surface area contributed by atoms with Gasteiger partial charge in [-0.1, -0.05) is 11.6 Å². The van der Waals surface area contributed by atoms with Crippen molar-refractivity contribution in [3.8, 4) is 0 Å². The number of hydrogen-bond acceptors (Lipinski definition) is 9. The van der Waals surface area contributed by atoms with Crippen LogP contribution in [-0.2, 0) is 11.0 Å². The molecule has 11 nitrogen and oxygen atoms in total. The Balaban J connectivity index is 1.62. The first-order valence-electron chi connectivity index (χ1n) is 10.1. The maximum absolute atomic E-state index is 13.0. The molecule has 0 bridgehead atoms. The average molecular weight is 543 g/mol. The first-order chi connectivity index (χ1) is 17.1. The highest BCUT2D eigenvalue weighted by molar-refractivity contribution is 7.13. The zero-order valence-corrected chi connectivity index (χ0v) is 20.0. The summed E-state index contributed by atoms with van der Waals surface area (Å²) in [5.41, 5.74) is -1.05. The van der Waals surface area contributed by atoms with Gasteiger partial charge < -0.3 is 21.3 Å². The van der Waals surface area contributed by atoms with Gasteiger partial charge >= 0.3 is 6.18 Å². The molecule has 36 heavy (non-hydrogen) atoms. The summed E-state index contributed by atoms with van der Waals surface area (Å²) in [5, 5.41) is 10.2. The number of nitrogens with one attached hydrogen (secondary N) is 4. The van der Waals surface area contributed by atoms with Gasteiger partial charge in [0.1, 0.15) is 33.5 Å². The quantitative estimate of drug-likeness (QED) is 0.225. The maximum Gasteiger partial charge on any atom is 0.418 e. The summed E-state index contributed by atoms with van der Waals surface area (Å²) in [6.45, 7) is 2.39. The minimum absolute atomic E-state index is 0.0755. The number of alkyl halides is 3. The number of carbonyl (C=O) groups excluding carboxylic acids is 3. The van der Waals surface area contributed by atoms with E-state index in [1.807, 2.05) is 0 Å². The van der Waals surface area contributed by atoms with Gasteiger partial charge in [0.25, 0.3) is 11.8 Å². The second-order valence-corrected chi connectivity index (χ2v) is 8.52. The van der Waals surface area contributed by atoms with Crippen LogP contribution >= 0.6 is 22.9 Å². The molecule has 1 atom stereocenters. The highest BCUT2D eigenvalue weighted by atomic mass is 35.5. The molecule has 0 spiro atoms. The third-order valence-electron chi connectivity index (χ3n) is 4.43. The molecule has 3 amide bonds. The number of anilines is 2. The number of hydrogen-bond donors (Lipinski definition) is 4. The topological polar surface area (TPSA) is 151 Å². The molecule has 3 rings (SSSR count). The van der Waals surface area contributed by atoms with E-state index in [0.717, 1.165) is 17.5 Å². The molecule has 190 valence electrons. The predicted octanol–water partition coefficient (Wildman–Crippen LogP) is 2.90. The Labute approximate surface area is 210 Å². The van der Waals surface area contributed by atoms with Gasteiger partial charge in [-0.2, -0.15) is 13.2 Å². The predicted molar refractivity (Wildman–Crippen MR) is 125 cm³/mol. The maximum atomic E-state index is 13.0. The summed E-state index contributed by atoms with van der Waals surface area (Å²) in [4.78, 5) is 51.1. The number of carbonyl (C=O) groups is 3. The van der Waals surface area contributed by atoms with Gasteiger partial charge in [-0.05, 0) is 13.0 Å². The second-order valence-electron chi connectivity index (χ2n) is 7.05. The fraction of sp³-hybridized carbons (Fsp3) is 0.250. The van der Waals surface area contributed by atoms with Gasteiger partial charge in [-0.3, -0.25) is 14.4 Å². The van der Waals surface area contributed by atoms with Crippen molar-refractivity contribution in [2.45, 2.75) is 19.1 Å². The minimum atomic E-state index is -4.71. The molecule has 3 heterocycles. The van der Waals surface area contributed by atoms with Gasteiger partial charge in [0.2, 0.25) is 6.41 Å². The lowest BCUT2D eigenvalue weighted by molar-refractivity contribution is -0.137. The lowest BCUT2D eigenvalue weighted by atomic mass is 10.2.